The highest BCUT2D eigenvalue weighted by Crippen LogP contribution is 2.27. The van der Waals surface area contributed by atoms with Crippen LogP contribution in [0, 0.1) is 0 Å². The maximum Gasteiger partial charge on any atom is 0.280 e. The molecule has 1 fully saturated rings. The normalized spacial score (nSPS) is 15.8. The zero-order chi connectivity index (χ0) is 29.1. The first-order chi connectivity index (χ1) is 19.9. The van der Waals surface area contributed by atoms with E-state index in [0.29, 0.717) is 66.2 Å². The lowest BCUT2D eigenvalue weighted by molar-refractivity contribution is -0.110. The quantitative estimate of drug-likeness (QED) is 0.142. The predicted molar refractivity (Wildman–Crippen MR) is 157 cm³/mol. The fourth-order valence-corrected chi connectivity index (χ4v) is 6.03. The molecular weight excluding hydrogens is 570 g/mol. The van der Waals surface area contributed by atoms with Gasteiger partial charge in [0.05, 0.1) is 30.5 Å². The molecule has 1 aliphatic heterocycles. The van der Waals surface area contributed by atoms with Crippen LogP contribution in [-0.4, -0.2) is 88.5 Å². The Hall–Kier alpha value is -3.17. The van der Waals surface area contributed by atoms with Crippen molar-refractivity contribution in [2.75, 3.05) is 57.7 Å². The number of amides is 1. The second-order valence-corrected chi connectivity index (χ2v) is 12.3. The minimum atomic E-state index is -3.49. The second-order valence-electron chi connectivity index (χ2n) is 9.22. The number of carbonyl (C=O) groups is 1. The molecule has 0 spiro atoms. The van der Waals surface area contributed by atoms with Gasteiger partial charge in [-0.3, -0.25) is 10.1 Å². The number of nitrogens with one attached hydrogen (secondary N) is 2. The highest BCUT2D eigenvalue weighted by atomic mass is 32.2. The molecule has 1 aromatic carbocycles. The molecular formula is C27H35N5O7S2. The fourth-order valence-electron chi connectivity index (χ4n) is 3.92. The first kappa shape index (κ1) is 30.8. The van der Waals surface area contributed by atoms with Gasteiger partial charge in [-0.1, -0.05) is 35.5 Å². The van der Waals surface area contributed by atoms with E-state index in [1.807, 2.05) is 0 Å². The van der Waals surface area contributed by atoms with E-state index in [9.17, 15) is 13.2 Å². The van der Waals surface area contributed by atoms with Gasteiger partial charge in [-0.05, 0) is 44.1 Å². The molecule has 4 rings (SSSR count). The van der Waals surface area contributed by atoms with Gasteiger partial charge in [0, 0.05) is 31.8 Å². The molecule has 3 heterocycles. The van der Waals surface area contributed by atoms with Crippen LogP contribution in [0.5, 0.6) is 5.88 Å². The summed E-state index contributed by atoms with van der Waals surface area (Å²) in [4.78, 5) is 28.7. The molecule has 0 bridgehead atoms. The van der Waals surface area contributed by atoms with Crippen molar-refractivity contribution in [2.24, 2.45) is 5.16 Å². The van der Waals surface area contributed by atoms with Crippen LogP contribution in [0.2, 0.25) is 0 Å². The summed E-state index contributed by atoms with van der Waals surface area (Å²) >= 11 is 1.21. The first-order valence-electron chi connectivity index (χ1n) is 13.5. The first-order valence-corrected chi connectivity index (χ1v) is 15.9. The number of hydrogen-bond donors (Lipinski definition) is 2. The third-order valence-corrected chi connectivity index (χ3v) is 8.79. The van der Waals surface area contributed by atoms with Gasteiger partial charge in [-0.15, -0.1) is 0 Å². The zero-order valence-electron chi connectivity index (χ0n) is 23.1. The van der Waals surface area contributed by atoms with E-state index < -0.39 is 15.7 Å². The van der Waals surface area contributed by atoms with Crippen molar-refractivity contribution in [3.05, 3.63) is 42.0 Å². The van der Waals surface area contributed by atoms with E-state index in [1.165, 1.54) is 42.7 Å². The van der Waals surface area contributed by atoms with Crippen LogP contribution >= 0.6 is 11.3 Å². The highest BCUT2D eigenvalue weighted by molar-refractivity contribution is 7.91. The van der Waals surface area contributed by atoms with Crippen molar-refractivity contribution in [3.63, 3.8) is 0 Å². The van der Waals surface area contributed by atoms with E-state index in [-0.39, 0.29) is 22.5 Å². The molecule has 1 amide bonds. The number of benzene rings is 1. The van der Waals surface area contributed by atoms with Gasteiger partial charge in [0.2, 0.25) is 5.88 Å². The Kier molecular flexibility index (Phi) is 11.4. The number of aromatic nitrogens is 2. The minimum absolute atomic E-state index is 0.0165. The van der Waals surface area contributed by atoms with Crippen LogP contribution in [0.15, 0.2) is 46.4 Å². The molecule has 0 saturated carbocycles. The molecule has 41 heavy (non-hydrogen) atoms. The van der Waals surface area contributed by atoms with Crippen LogP contribution in [0.4, 0.5) is 5.13 Å². The van der Waals surface area contributed by atoms with Crippen LogP contribution in [0.25, 0.3) is 10.3 Å². The molecule has 1 aliphatic rings. The molecule has 1 atom stereocenters. The number of pyridine rings is 1. The summed E-state index contributed by atoms with van der Waals surface area (Å²) in [7, 11) is -1.97. The number of carbonyl (C=O) groups excluding carboxylic acids is 1. The summed E-state index contributed by atoms with van der Waals surface area (Å²) in [5.74, 6) is -0.110. The third kappa shape index (κ3) is 8.91. The van der Waals surface area contributed by atoms with Crippen molar-refractivity contribution in [1.29, 1.82) is 0 Å². The lowest BCUT2D eigenvalue weighted by atomic mass is 10.1. The summed E-state index contributed by atoms with van der Waals surface area (Å²) in [5, 5.41) is 10.5. The van der Waals surface area contributed by atoms with Crippen molar-refractivity contribution in [3.8, 4) is 5.88 Å². The number of anilines is 1. The fraction of sp³-hybridized carbons (Fsp3) is 0.481. The van der Waals surface area contributed by atoms with Crippen molar-refractivity contribution in [2.45, 2.75) is 37.2 Å². The number of ether oxygens (including phenoxy) is 3. The third-order valence-electron chi connectivity index (χ3n) is 6.09. The van der Waals surface area contributed by atoms with Crippen LogP contribution in [-0.2, 0) is 28.9 Å². The largest absolute Gasteiger partial charge is 0.478 e. The van der Waals surface area contributed by atoms with E-state index >= 15 is 0 Å². The average Bonchev–Trinajstić information content (AvgIpc) is 3.63. The molecule has 0 unspecified atom stereocenters. The SMILES string of the molecule is CCNCCCOc1ccc2nc(NC(=O)C(=NO[C@@H]3CCOC3)c3ccc(S(=O)(=O)CCCOC)cc3)sc2n1. The number of hydrogen-bond acceptors (Lipinski definition) is 12. The van der Waals surface area contributed by atoms with Gasteiger partial charge >= 0.3 is 0 Å². The summed E-state index contributed by atoms with van der Waals surface area (Å²) in [6.07, 6.45) is 1.62. The Morgan fingerprint density at radius 3 is 2.71 bits per heavy atom. The van der Waals surface area contributed by atoms with Crippen molar-refractivity contribution < 1.29 is 32.3 Å². The Bertz CT molecular complexity index is 1420. The number of methoxy groups -OCH3 is 1. The number of rotatable bonds is 16. The summed E-state index contributed by atoms with van der Waals surface area (Å²) < 4.78 is 41.3. The van der Waals surface area contributed by atoms with E-state index in [0.717, 1.165) is 19.5 Å². The Morgan fingerprint density at radius 2 is 1.98 bits per heavy atom. The molecule has 222 valence electrons. The number of thiazole rings is 1. The van der Waals surface area contributed by atoms with Gasteiger partial charge in [0.25, 0.3) is 5.91 Å². The van der Waals surface area contributed by atoms with Crippen LogP contribution in [0.3, 0.4) is 0 Å². The van der Waals surface area contributed by atoms with Crippen LogP contribution in [0.1, 0.15) is 31.7 Å². The summed E-state index contributed by atoms with van der Waals surface area (Å²) in [6.45, 7) is 5.64. The predicted octanol–water partition coefficient (Wildman–Crippen LogP) is 3.03. The number of nitrogens with zero attached hydrogens (tertiary/aromatic N) is 3. The minimum Gasteiger partial charge on any atom is -0.478 e. The van der Waals surface area contributed by atoms with Crippen molar-refractivity contribution >= 4 is 48.3 Å². The molecule has 0 radical (unpaired) electrons. The molecule has 2 N–H and O–H groups in total. The van der Waals surface area contributed by atoms with Crippen LogP contribution < -0.4 is 15.4 Å². The number of oxime groups is 1. The van der Waals surface area contributed by atoms with Gasteiger partial charge in [0.15, 0.2) is 26.8 Å². The molecule has 14 heteroatoms. The molecule has 1 saturated heterocycles. The van der Waals surface area contributed by atoms with Crippen molar-refractivity contribution in [1.82, 2.24) is 15.3 Å². The van der Waals surface area contributed by atoms with E-state index in [4.69, 9.17) is 19.0 Å². The summed E-state index contributed by atoms with van der Waals surface area (Å²) in [5.41, 5.74) is 0.994. The lowest BCUT2D eigenvalue weighted by Crippen LogP contribution is -2.25. The van der Waals surface area contributed by atoms with Gasteiger partial charge < -0.3 is 24.4 Å². The zero-order valence-corrected chi connectivity index (χ0v) is 24.8. The Labute approximate surface area is 243 Å². The Morgan fingerprint density at radius 1 is 1.15 bits per heavy atom. The van der Waals surface area contributed by atoms with Gasteiger partial charge in [0.1, 0.15) is 10.3 Å². The number of fused-ring (bicyclic) bond motifs is 1. The topological polar surface area (TPSA) is 150 Å². The number of sulfone groups is 1. The Balaban J connectivity index is 1.48. The molecule has 0 aliphatic carbocycles. The van der Waals surface area contributed by atoms with E-state index in [1.54, 1.807) is 12.1 Å². The van der Waals surface area contributed by atoms with Gasteiger partial charge in [-0.2, -0.15) is 0 Å². The van der Waals surface area contributed by atoms with E-state index in [2.05, 4.69) is 32.7 Å². The maximum absolute atomic E-state index is 13.4. The monoisotopic (exact) mass is 605 g/mol. The molecule has 2 aromatic heterocycles. The molecule has 12 nitrogen and oxygen atoms in total. The average molecular weight is 606 g/mol. The standard InChI is InChI=1S/C27H35N5O7S2/c1-3-28-13-4-15-38-23-11-10-22-26(30-23)40-27(29-22)31-25(33)24(32-39-20-12-16-37-18-20)19-6-8-21(9-7-19)41(34,35)17-5-14-36-2/h6-11,20,28H,3-5,12-18H2,1-2H3,(H,29,31,33)/t20-/m1/s1. The smallest absolute Gasteiger partial charge is 0.280 e. The highest BCUT2D eigenvalue weighted by Gasteiger charge is 2.22. The summed E-state index contributed by atoms with van der Waals surface area (Å²) in [6, 6.07) is 9.53. The second kappa shape index (κ2) is 15.2. The lowest BCUT2D eigenvalue weighted by Gasteiger charge is -2.10. The maximum atomic E-state index is 13.4. The van der Waals surface area contributed by atoms with Gasteiger partial charge in [-0.25, -0.2) is 18.4 Å². The molecule has 3 aromatic rings.